The maximum Gasteiger partial charge on any atom is 0.319 e. The lowest BCUT2D eigenvalue weighted by molar-refractivity contribution is -0.123. The number of hydrogen-bond donors (Lipinski definition) is 3. The molecule has 0 spiro atoms. The Bertz CT molecular complexity index is 746. The zero-order valence-corrected chi connectivity index (χ0v) is 14.6. The van der Waals surface area contributed by atoms with E-state index in [4.69, 9.17) is 5.73 Å². The Balaban J connectivity index is 1.44. The zero-order valence-electron chi connectivity index (χ0n) is 14.6. The van der Waals surface area contributed by atoms with E-state index in [-0.39, 0.29) is 17.9 Å². The number of likely N-dealkylation sites (tertiary alicyclic amines) is 1. The lowest BCUT2D eigenvalue weighted by atomic mass is 9.97. The van der Waals surface area contributed by atoms with Gasteiger partial charge >= 0.3 is 6.03 Å². The number of rotatable bonds is 6. The number of nitrogens with two attached hydrogens (primary N) is 1. The van der Waals surface area contributed by atoms with E-state index in [0.29, 0.717) is 25.3 Å². The molecule has 1 aromatic heterocycles. The fourth-order valence-electron chi connectivity index (χ4n) is 3.14. The molecule has 3 rings (SSSR count). The molecule has 8 nitrogen and oxygen atoms in total. The maximum absolute atomic E-state index is 12.1. The van der Waals surface area contributed by atoms with E-state index in [1.165, 1.54) is 0 Å². The summed E-state index contributed by atoms with van der Waals surface area (Å²) in [6, 6.07) is 9.05. The molecule has 2 heterocycles. The standard InChI is InChI=1S/C18H24N6O2/c19-17(25)14-4-2-9-23(13-14)11-8-20-18(26)22-15-5-1-6-16(12-15)24-10-3-7-21-24/h1,3,5-7,10,12,14H,2,4,8-9,11,13H2,(H2,19,25)(H2,20,22,26)/t14-/m0/s1. The van der Waals surface area contributed by atoms with Crippen molar-refractivity contribution >= 4 is 17.6 Å². The van der Waals surface area contributed by atoms with Gasteiger partial charge in [0.25, 0.3) is 0 Å². The number of nitrogens with zero attached hydrogens (tertiary/aromatic N) is 3. The minimum atomic E-state index is -0.258. The van der Waals surface area contributed by atoms with Crippen LogP contribution in [0, 0.1) is 5.92 Å². The van der Waals surface area contributed by atoms with Crippen LogP contribution in [0.15, 0.2) is 42.7 Å². The molecule has 0 saturated carbocycles. The van der Waals surface area contributed by atoms with Gasteiger partial charge in [0, 0.05) is 37.7 Å². The highest BCUT2D eigenvalue weighted by Gasteiger charge is 2.23. The number of aromatic nitrogens is 2. The smallest absolute Gasteiger partial charge is 0.319 e. The Morgan fingerprint density at radius 1 is 1.31 bits per heavy atom. The normalized spacial score (nSPS) is 17.6. The summed E-state index contributed by atoms with van der Waals surface area (Å²) < 4.78 is 1.73. The molecule has 8 heteroatoms. The lowest BCUT2D eigenvalue weighted by Gasteiger charge is -2.31. The SMILES string of the molecule is NC(=O)[C@H]1CCCN(CCNC(=O)Nc2cccc(-n3cccn3)c2)C1. The van der Waals surface area contributed by atoms with Crippen molar-refractivity contribution in [1.82, 2.24) is 20.0 Å². The number of nitrogens with one attached hydrogen (secondary N) is 2. The highest BCUT2D eigenvalue weighted by Crippen LogP contribution is 2.15. The van der Waals surface area contributed by atoms with E-state index in [0.717, 1.165) is 25.1 Å². The van der Waals surface area contributed by atoms with Gasteiger partial charge in [-0.2, -0.15) is 5.10 Å². The van der Waals surface area contributed by atoms with Crippen molar-refractivity contribution in [2.45, 2.75) is 12.8 Å². The summed E-state index contributed by atoms with van der Waals surface area (Å²) >= 11 is 0. The molecule has 3 amide bonds. The van der Waals surface area contributed by atoms with Crippen LogP contribution in [0.5, 0.6) is 0 Å². The van der Waals surface area contributed by atoms with Gasteiger partial charge in [-0.15, -0.1) is 0 Å². The Kier molecular flexibility index (Phi) is 5.85. The fraction of sp³-hybridized carbons (Fsp3) is 0.389. The van der Waals surface area contributed by atoms with Crippen molar-refractivity contribution < 1.29 is 9.59 Å². The van der Waals surface area contributed by atoms with E-state index < -0.39 is 0 Å². The Morgan fingerprint density at radius 2 is 2.19 bits per heavy atom. The third-order valence-electron chi connectivity index (χ3n) is 4.49. The Morgan fingerprint density at radius 3 is 2.96 bits per heavy atom. The summed E-state index contributed by atoms with van der Waals surface area (Å²) in [5.41, 5.74) is 6.96. The summed E-state index contributed by atoms with van der Waals surface area (Å²) in [6.07, 6.45) is 5.36. The van der Waals surface area contributed by atoms with Crippen molar-refractivity contribution in [2.75, 3.05) is 31.5 Å². The van der Waals surface area contributed by atoms with Gasteiger partial charge in [0.1, 0.15) is 0 Å². The largest absolute Gasteiger partial charge is 0.369 e. The number of amides is 3. The van der Waals surface area contributed by atoms with Crippen LogP contribution in [0.3, 0.4) is 0 Å². The van der Waals surface area contributed by atoms with Crippen LogP contribution in [0.25, 0.3) is 5.69 Å². The highest BCUT2D eigenvalue weighted by atomic mass is 16.2. The first kappa shape index (κ1) is 17.9. The van der Waals surface area contributed by atoms with Crippen LogP contribution in [0.4, 0.5) is 10.5 Å². The van der Waals surface area contributed by atoms with E-state index in [1.807, 2.05) is 36.5 Å². The molecule has 138 valence electrons. The van der Waals surface area contributed by atoms with E-state index in [1.54, 1.807) is 10.9 Å². The topological polar surface area (TPSA) is 105 Å². The molecule has 0 radical (unpaired) electrons. The van der Waals surface area contributed by atoms with Crippen molar-refractivity contribution in [3.8, 4) is 5.69 Å². The van der Waals surface area contributed by atoms with Crippen LogP contribution in [0.1, 0.15) is 12.8 Å². The third kappa shape index (κ3) is 4.82. The first-order chi connectivity index (χ1) is 12.6. The number of hydrogen-bond acceptors (Lipinski definition) is 4. The van der Waals surface area contributed by atoms with Crippen molar-refractivity contribution in [1.29, 1.82) is 0 Å². The summed E-state index contributed by atoms with van der Waals surface area (Å²) in [5, 5.41) is 9.85. The number of carbonyl (C=O) groups excluding carboxylic acids is 2. The molecule has 1 fully saturated rings. The van der Waals surface area contributed by atoms with Gasteiger partial charge in [0.15, 0.2) is 0 Å². The van der Waals surface area contributed by atoms with Gasteiger partial charge in [0.05, 0.1) is 11.6 Å². The van der Waals surface area contributed by atoms with E-state index >= 15 is 0 Å². The van der Waals surface area contributed by atoms with Gasteiger partial charge < -0.3 is 21.3 Å². The van der Waals surface area contributed by atoms with Gasteiger partial charge in [-0.25, -0.2) is 9.48 Å². The predicted molar refractivity (Wildman–Crippen MR) is 98.9 cm³/mol. The van der Waals surface area contributed by atoms with Gasteiger partial charge in [-0.1, -0.05) is 6.07 Å². The second-order valence-electron chi connectivity index (χ2n) is 6.42. The maximum atomic E-state index is 12.1. The Labute approximate surface area is 152 Å². The first-order valence-corrected chi connectivity index (χ1v) is 8.78. The van der Waals surface area contributed by atoms with Crippen LogP contribution in [0.2, 0.25) is 0 Å². The van der Waals surface area contributed by atoms with Crippen LogP contribution < -0.4 is 16.4 Å². The molecule has 0 aliphatic carbocycles. The van der Waals surface area contributed by atoms with Crippen LogP contribution >= 0.6 is 0 Å². The second kappa shape index (κ2) is 8.48. The number of carbonyl (C=O) groups is 2. The molecule has 0 unspecified atom stereocenters. The van der Waals surface area contributed by atoms with E-state index in [2.05, 4.69) is 20.6 Å². The average Bonchev–Trinajstić information content (AvgIpc) is 3.17. The molecule has 1 aromatic carbocycles. The summed E-state index contributed by atoms with van der Waals surface area (Å²) in [6.45, 7) is 2.81. The summed E-state index contributed by atoms with van der Waals surface area (Å²) in [7, 11) is 0. The average molecular weight is 356 g/mol. The molecular formula is C18H24N6O2. The van der Waals surface area contributed by atoms with Gasteiger partial charge in [-0.3, -0.25) is 4.79 Å². The molecule has 2 aromatic rings. The van der Waals surface area contributed by atoms with Crippen molar-refractivity contribution in [3.63, 3.8) is 0 Å². The number of benzene rings is 1. The Hall–Kier alpha value is -2.87. The molecule has 26 heavy (non-hydrogen) atoms. The first-order valence-electron chi connectivity index (χ1n) is 8.78. The number of piperidine rings is 1. The number of anilines is 1. The second-order valence-corrected chi connectivity index (χ2v) is 6.42. The predicted octanol–water partition coefficient (Wildman–Crippen LogP) is 1.19. The number of urea groups is 1. The molecule has 1 saturated heterocycles. The minimum Gasteiger partial charge on any atom is -0.369 e. The van der Waals surface area contributed by atoms with Crippen LogP contribution in [-0.2, 0) is 4.79 Å². The molecule has 4 N–H and O–H groups in total. The van der Waals surface area contributed by atoms with Gasteiger partial charge in [-0.05, 0) is 43.7 Å². The van der Waals surface area contributed by atoms with E-state index in [9.17, 15) is 9.59 Å². The van der Waals surface area contributed by atoms with Crippen molar-refractivity contribution in [2.24, 2.45) is 11.7 Å². The molecule has 0 bridgehead atoms. The van der Waals surface area contributed by atoms with Crippen molar-refractivity contribution in [3.05, 3.63) is 42.7 Å². The summed E-state index contributed by atoms with van der Waals surface area (Å²) in [4.78, 5) is 25.6. The zero-order chi connectivity index (χ0) is 18.4. The highest BCUT2D eigenvalue weighted by molar-refractivity contribution is 5.89. The molecular weight excluding hydrogens is 332 g/mol. The molecule has 1 aliphatic heterocycles. The monoisotopic (exact) mass is 356 g/mol. The van der Waals surface area contributed by atoms with Gasteiger partial charge in [0.2, 0.25) is 5.91 Å². The third-order valence-corrected chi connectivity index (χ3v) is 4.49. The fourth-order valence-corrected chi connectivity index (χ4v) is 3.14. The minimum absolute atomic E-state index is 0.0809. The molecule has 1 aliphatic rings. The number of primary amides is 1. The molecule has 1 atom stereocenters. The van der Waals surface area contributed by atoms with Crippen LogP contribution in [-0.4, -0.2) is 52.8 Å². The summed E-state index contributed by atoms with van der Waals surface area (Å²) in [5.74, 6) is -0.319. The lowest BCUT2D eigenvalue weighted by Crippen LogP contribution is -2.44. The quantitative estimate of drug-likeness (QED) is 0.723.